The van der Waals surface area contributed by atoms with E-state index in [9.17, 15) is 4.57 Å². The average Bonchev–Trinajstić information content (AvgIpc) is 2.18. The minimum Gasteiger partial charge on any atom is -0.318 e. The Morgan fingerprint density at radius 3 is 2.07 bits per heavy atom. The van der Waals surface area contributed by atoms with Gasteiger partial charge in [0.05, 0.1) is 6.61 Å². The maximum Gasteiger partial charge on any atom is 0.269 e. The van der Waals surface area contributed by atoms with Crippen LogP contribution in [0, 0.1) is 0 Å². The van der Waals surface area contributed by atoms with Gasteiger partial charge in [-0.1, -0.05) is 0 Å². The molecule has 0 saturated carbocycles. The third-order valence-electron chi connectivity index (χ3n) is 1.81. The van der Waals surface area contributed by atoms with Crippen LogP contribution in [0.3, 0.4) is 0 Å². The first-order valence-corrected chi connectivity index (χ1v) is 8.36. The molecule has 3 nitrogen and oxygen atoms in total. The maximum atomic E-state index is 12.1. The molecule has 0 bridgehead atoms. The van der Waals surface area contributed by atoms with E-state index in [1.165, 1.54) is 0 Å². The predicted molar refractivity (Wildman–Crippen MR) is 67.8 cm³/mol. The van der Waals surface area contributed by atoms with Gasteiger partial charge in [0, 0.05) is 37.4 Å². The Bertz CT molecular complexity index is 200. The van der Waals surface area contributed by atoms with Gasteiger partial charge in [0.25, 0.3) is 7.52 Å². The van der Waals surface area contributed by atoms with E-state index in [1.54, 1.807) is 11.3 Å². The Kier molecular flexibility index (Phi) is 9.71. The van der Waals surface area contributed by atoms with Crippen molar-refractivity contribution in [1.29, 1.82) is 0 Å². The molecule has 0 aromatic carbocycles. The zero-order valence-electron chi connectivity index (χ0n) is 8.79. The van der Waals surface area contributed by atoms with Gasteiger partial charge in [-0.2, -0.15) is 0 Å². The molecule has 0 aromatic rings. The topological polar surface area (TPSA) is 29.5 Å². The van der Waals surface area contributed by atoms with Crippen molar-refractivity contribution in [3.63, 3.8) is 0 Å². The molecule has 0 radical (unpaired) electrons. The number of nitrogens with zero attached hydrogens (tertiary/aromatic N) is 1. The van der Waals surface area contributed by atoms with Gasteiger partial charge in [0.2, 0.25) is 0 Å². The van der Waals surface area contributed by atoms with E-state index in [0.717, 1.165) is 0 Å². The quantitative estimate of drug-likeness (QED) is 0.372. The Labute approximate surface area is 107 Å². The van der Waals surface area contributed by atoms with Crippen molar-refractivity contribution >= 4 is 42.3 Å². The average molecular weight is 297 g/mol. The highest BCUT2D eigenvalue weighted by atomic mass is 35.5. The van der Waals surface area contributed by atoms with Crippen LogP contribution in [0.2, 0.25) is 0 Å². The Hall–Kier alpha value is 1.02. The summed E-state index contributed by atoms with van der Waals surface area (Å²) in [7, 11) is -2.76. The second-order valence-corrected chi connectivity index (χ2v) is 6.57. The van der Waals surface area contributed by atoms with E-state index in [0.29, 0.717) is 43.8 Å². The standard InChI is InChI=1S/C8H17Cl3NO2P/c1-15(13,14-8-2-3-9)12(6-4-10)7-5-11/h2-8H2,1H3/t15-/m0/s1. The third kappa shape index (κ3) is 7.04. The summed E-state index contributed by atoms with van der Waals surface area (Å²) in [6.07, 6.45) is 0.689. The lowest BCUT2D eigenvalue weighted by atomic mass is 10.5. The first kappa shape index (κ1) is 16.0. The molecule has 0 aliphatic rings. The predicted octanol–water partition coefficient (Wildman–Crippen LogP) is 3.23. The molecule has 0 rings (SSSR count). The molecule has 0 fully saturated rings. The minimum absolute atomic E-state index is 0.401. The van der Waals surface area contributed by atoms with Crippen LogP contribution in [0.25, 0.3) is 0 Å². The molecular weight excluding hydrogens is 279 g/mol. The van der Waals surface area contributed by atoms with Gasteiger partial charge < -0.3 is 4.52 Å². The molecule has 92 valence electrons. The number of hydrogen-bond donors (Lipinski definition) is 0. The third-order valence-corrected chi connectivity index (χ3v) is 4.50. The molecule has 0 aromatic heterocycles. The van der Waals surface area contributed by atoms with Crippen LogP contribution >= 0.6 is 42.3 Å². The molecule has 0 aliphatic carbocycles. The number of hydrogen-bond acceptors (Lipinski definition) is 2. The highest BCUT2D eigenvalue weighted by Crippen LogP contribution is 2.46. The van der Waals surface area contributed by atoms with Gasteiger partial charge in [-0.05, 0) is 6.42 Å². The molecular formula is C8H17Cl3NO2P. The molecule has 1 atom stereocenters. The first-order chi connectivity index (χ1) is 7.08. The van der Waals surface area contributed by atoms with Crippen LogP contribution in [0.1, 0.15) is 6.42 Å². The maximum absolute atomic E-state index is 12.1. The smallest absolute Gasteiger partial charge is 0.269 e. The fraction of sp³-hybridized carbons (Fsp3) is 1.00. The van der Waals surface area contributed by atoms with Crippen LogP contribution in [0.5, 0.6) is 0 Å². The molecule has 0 saturated heterocycles. The molecule has 15 heavy (non-hydrogen) atoms. The van der Waals surface area contributed by atoms with Crippen molar-refractivity contribution in [3.05, 3.63) is 0 Å². The van der Waals surface area contributed by atoms with Crippen molar-refractivity contribution in [2.45, 2.75) is 6.42 Å². The minimum atomic E-state index is -2.76. The summed E-state index contributed by atoms with van der Waals surface area (Å²) >= 11 is 16.7. The molecule has 0 spiro atoms. The SMILES string of the molecule is C[P@](=O)(OCCCCl)N(CCCl)CCCl. The van der Waals surface area contributed by atoms with Crippen LogP contribution in [0.4, 0.5) is 0 Å². The van der Waals surface area contributed by atoms with Crippen LogP contribution in [-0.2, 0) is 9.09 Å². The number of rotatable bonds is 9. The monoisotopic (exact) mass is 295 g/mol. The molecule has 0 N–H and O–H groups in total. The zero-order chi connectivity index (χ0) is 11.7. The normalized spacial score (nSPS) is 15.5. The van der Waals surface area contributed by atoms with Gasteiger partial charge >= 0.3 is 0 Å². The van der Waals surface area contributed by atoms with Crippen LogP contribution in [0.15, 0.2) is 0 Å². The summed E-state index contributed by atoms with van der Waals surface area (Å²) in [6, 6.07) is 0. The van der Waals surface area contributed by atoms with E-state index in [2.05, 4.69) is 0 Å². The van der Waals surface area contributed by atoms with Crippen molar-refractivity contribution in [1.82, 2.24) is 4.67 Å². The van der Waals surface area contributed by atoms with E-state index in [-0.39, 0.29) is 0 Å². The van der Waals surface area contributed by atoms with Crippen molar-refractivity contribution in [2.24, 2.45) is 0 Å². The lowest BCUT2D eigenvalue weighted by molar-refractivity contribution is 0.270. The Morgan fingerprint density at radius 2 is 1.67 bits per heavy atom. The summed E-state index contributed by atoms with van der Waals surface area (Å²) in [6.45, 7) is 3.02. The molecule has 7 heteroatoms. The van der Waals surface area contributed by atoms with Crippen LogP contribution in [-0.4, -0.2) is 48.7 Å². The fourth-order valence-corrected chi connectivity index (χ4v) is 3.35. The fourth-order valence-electron chi connectivity index (χ4n) is 1.04. The van der Waals surface area contributed by atoms with Gasteiger partial charge in [0.1, 0.15) is 0 Å². The van der Waals surface area contributed by atoms with Gasteiger partial charge in [-0.15, -0.1) is 34.8 Å². The van der Waals surface area contributed by atoms with E-state index in [4.69, 9.17) is 39.3 Å². The van der Waals surface area contributed by atoms with E-state index in [1.807, 2.05) is 0 Å². The molecule has 0 heterocycles. The Balaban J connectivity index is 4.15. The highest BCUT2D eigenvalue weighted by Gasteiger charge is 2.24. The summed E-state index contributed by atoms with van der Waals surface area (Å²) in [5, 5.41) is 0. The zero-order valence-corrected chi connectivity index (χ0v) is 12.0. The van der Waals surface area contributed by atoms with Crippen molar-refractivity contribution in [3.8, 4) is 0 Å². The second-order valence-electron chi connectivity index (χ2n) is 3.01. The van der Waals surface area contributed by atoms with E-state index >= 15 is 0 Å². The second kappa shape index (κ2) is 9.09. The molecule has 0 amide bonds. The summed E-state index contributed by atoms with van der Waals surface area (Å²) < 4.78 is 19.1. The van der Waals surface area contributed by atoms with Crippen molar-refractivity contribution in [2.75, 3.05) is 44.0 Å². The lowest BCUT2D eigenvalue weighted by Gasteiger charge is -2.27. The first-order valence-electron chi connectivity index (χ1n) is 4.74. The lowest BCUT2D eigenvalue weighted by Crippen LogP contribution is -2.25. The highest BCUT2D eigenvalue weighted by molar-refractivity contribution is 7.55. The Morgan fingerprint density at radius 1 is 1.13 bits per heavy atom. The number of halogens is 3. The van der Waals surface area contributed by atoms with Gasteiger partial charge in [-0.3, -0.25) is 4.57 Å². The largest absolute Gasteiger partial charge is 0.318 e. The summed E-state index contributed by atoms with van der Waals surface area (Å²) in [5.74, 6) is 1.33. The van der Waals surface area contributed by atoms with E-state index < -0.39 is 7.52 Å². The van der Waals surface area contributed by atoms with Gasteiger partial charge in [-0.25, -0.2) is 4.67 Å². The number of alkyl halides is 3. The molecule has 0 unspecified atom stereocenters. The molecule has 0 aliphatic heterocycles. The van der Waals surface area contributed by atoms with Gasteiger partial charge in [0.15, 0.2) is 0 Å². The summed E-state index contributed by atoms with van der Waals surface area (Å²) in [4.78, 5) is 0. The van der Waals surface area contributed by atoms with Crippen LogP contribution < -0.4 is 0 Å². The summed E-state index contributed by atoms with van der Waals surface area (Å²) in [5.41, 5.74) is 0. The van der Waals surface area contributed by atoms with Crippen molar-refractivity contribution < 1.29 is 9.09 Å².